The first-order valence-electron chi connectivity index (χ1n) is 8.74. The van der Waals surface area contributed by atoms with Gasteiger partial charge in [-0.3, -0.25) is 14.5 Å². The highest BCUT2D eigenvalue weighted by Crippen LogP contribution is 2.31. The van der Waals surface area contributed by atoms with Crippen molar-refractivity contribution in [3.8, 4) is 10.4 Å². The molecule has 1 saturated carbocycles. The van der Waals surface area contributed by atoms with Crippen LogP contribution in [0.1, 0.15) is 18.7 Å². The smallest absolute Gasteiger partial charge is 0.268 e. The zero-order valence-corrected chi connectivity index (χ0v) is 16.4. The average molecular weight is 403 g/mol. The van der Waals surface area contributed by atoms with Crippen LogP contribution in [-0.2, 0) is 11.3 Å². The van der Waals surface area contributed by atoms with E-state index in [9.17, 15) is 9.59 Å². The van der Waals surface area contributed by atoms with Crippen molar-refractivity contribution in [3.63, 3.8) is 0 Å². The zero-order chi connectivity index (χ0) is 19.0. The van der Waals surface area contributed by atoms with Gasteiger partial charge in [-0.25, -0.2) is 4.98 Å². The minimum absolute atomic E-state index is 0.00369. The standard InChI is InChI=1S/C19H19ClN4O2S/c1-24(10-17(25)21-13-6-7-13)9-16-22-14-8-15(27-18(14)19(26)23-16)11-2-4-12(20)5-3-11/h2-5,8,13H,6-7,9-10H2,1H3,(H,21,25)(H,22,23,26). The van der Waals surface area contributed by atoms with E-state index < -0.39 is 0 Å². The molecule has 2 N–H and O–H groups in total. The van der Waals surface area contributed by atoms with Crippen molar-refractivity contribution >= 4 is 39.1 Å². The van der Waals surface area contributed by atoms with Crippen LogP contribution in [0.2, 0.25) is 5.02 Å². The molecule has 140 valence electrons. The topological polar surface area (TPSA) is 78.1 Å². The predicted molar refractivity (Wildman–Crippen MR) is 108 cm³/mol. The fraction of sp³-hybridized carbons (Fsp3) is 0.316. The van der Waals surface area contributed by atoms with Crippen LogP contribution in [0.15, 0.2) is 35.1 Å². The molecule has 1 amide bonds. The highest BCUT2D eigenvalue weighted by molar-refractivity contribution is 7.22. The fourth-order valence-electron chi connectivity index (χ4n) is 2.88. The SMILES string of the molecule is CN(CC(=O)NC1CC1)Cc1nc2cc(-c3ccc(Cl)cc3)sc2c(=O)[nH]1. The van der Waals surface area contributed by atoms with Crippen molar-refractivity contribution in [1.82, 2.24) is 20.2 Å². The summed E-state index contributed by atoms with van der Waals surface area (Å²) >= 11 is 7.35. The number of thiophene rings is 1. The van der Waals surface area contributed by atoms with E-state index in [1.54, 1.807) is 0 Å². The zero-order valence-electron chi connectivity index (χ0n) is 14.8. The number of halogens is 1. The second-order valence-corrected chi connectivity index (χ2v) is 8.35. The molecule has 0 saturated heterocycles. The average Bonchev–Trinajstić information content (AvgIpc) is 3.30. The van der Waals surface area contributed by atoms with Crippen molar-refractivity contribution in [3.05, 3.63) is 51.5 Å². The van der Waals surface area contributed by atoms with Crippen LogP contribution in [0.5, 0.6) is 0 Å². The molecule has 0 atom stereocenters. The number of carbonyl (C=O) groups is 1. The molecule has 4 rings (SSSR count). The highest BCUT2D eigenvalue weighted by Gasteiger charge is 2.23. The van der Waals surface area contributed by atoms with Gasteiger partial charge in [0, 0.05) is 15.9 Å². The van der Waals surface area contributed by atoms with Gasteiger partial charge in [0.25, 0.3) is 5.56 Å². The Morgan fingerprint density at radius 3 is 2.81 bits per heavy atom. The number of H-pyrrole nitrogens is 1. The Bertz CT molecular complexity index is 1040. The number of nitrogens with one attached hydrogen (secondary N) is 2. The quantitative estimate of drug-likeness (QED) is 0.664. The molecule has 1 aliphatic rings. The molecule has 2 heterocycles. The Balaban J connectivity index is 1.53. The number of amides is 1. The van der Waals surface area contributed by atoms with Gasteiger partial charge in [0.2, 0.25) is 5.91 Å². The first-order valence-corrected chi connectivity index (χ1v) is 9.94. The number of rotatable bonds is 6. The van der Waals surface area contributed by atoms with E-state index >= 15 is 0 Å². The van der Waals surface area contributed by atoms with Crippen LogP contribution in [0.3, 0.4) is 0 Å². The number of fused-ring (bicyclic) bond motifs is 1. The van der Waals surface area contributed by atoms with Crippen molar-refractivity contribution < 1.29 is 4.79 Å². The Morgan fingerprint density at radius 2 is 2.11 bits per heavy atom. The van der Waals surface area contributed by atoms with Gasteiger partial charge in [-0.1, -0.05) is 23.7 Å². The Hall–Kier alpha value is -2.22. The van der Waals surface area contributed by atoms with Crippen LogP contribution in [-0.4, -0.2) is 40.4 Å². The number of hydrogen-bond acceptors (Lipinski definition) is 5. The van der Waals surface area contributed by atoms with Crippen LogP contribution < -0.4 is 10.9 Å². The summed E-state index contributed by atoms with van der Waals surface area (Å²) < 4.78 is 0.595. The summed E-state index contributed by atoms with van der Waals surface area (Å²) in [6.07, 6.45) is 2.13. The number of nitrogens with zero attached hydrogens (tertiary/aromatic N) is 2. The lowest BCUT2D eigenvalue weighted by molar-refractivity contribution is -0.122. The third-order valence-electron chi connectivity index (χ3n) is 4.34. The van der Waals surface area contributed by atoms with Gasteiger partial charge in [0.1, 0.15) is 10.5 Å². The second kappa shape index (κ2) is 7.42. The minimum atomic E-state index is -0.156. The van der Waals surface area contributed by atoms with E-state index in [0.29, 0.717) is 33.7 Å². The maximum absolute atomic E-state index is 12.5. The minimum Gasteiger partial charge on any atom is -0.352 e. The van der Waals surface area contributed by atoms with E-state index in [1.165, 1.54) is 11.3 Å². The first kappa shape index (κ1) is 18.2. The molecule has 1 aromatic carbocycles. The summed E-state index contributed by atoms with van der Waals surface area (Å²) in [7, 11) is 1.84. The van der Waals surface area contributed by atoms with Crippen molar-refractivity contribution in [1.29, 1.82) is 0 Å². The molecule has 27 heavy (non-hydrogen) atoms. The molecule has 3 aromatic rings. The van der Waals surface area contributed by atoms with Crippen LogP contribution in [0.25, 0.3) is 20.7 Å². The van der Waals surface area contributed by atoms with Crippen LogP contribution >= 0.6 is 22.9 Å². The molecule has 0 unspecified atom stereocenters. The molecule has 0 spiro atoms. The molecule has 0 bridgehead atoms. The molecule has 8 heteroatoms. The Kier molecular flexibility index (Phi) is 4.99. The van der Waals surface area contributed by atoms with Crippen molar-refractivity contribution in [2.45, 2.75) is 25.4 Å². The molecule has 6 nitrogen and oxygen atoms in total. The number of aromatic nitrogens is 2. The molecule has 0 aliphatic heterocycles. The molecule has 1 aliphatic carbocycles. The van der Waals surface area contributed by atoms with E-state index in [1.807, 2.05) is 42.3 Å². The monoisotopic (exact) mass is 402 g/mol. The summed E-state index contributed by atoms with van der Waals surface area (Å²) in [6.45, 7) is 0.674. The number of likely N-dealkylation sites (N-methyl/N-ethyl adjacent to an activating group) is 1. The maximum atomic E-state index is 12.5. The summed E-state index contributed by atoms with van der Waals surface area (Å²) in [5.41, 5.74) is 1.51. The third-order valence-corrected chi connectivity index (χ3v) is 5.76. The highest BCUT2D eigenvalue weighted by atomic mass is 35.5. The van der Waals surface area contributed by atoms with Crippen LogP contribution in [0.4, 0.5) is 0 Å². The number of carbonyl (C=O) groups excluding carboxylic acids is 1. The third kappa shape index (κ3) is 4.37. The van der Waals surface area contributed by atoms with Gasteiger partial charge < -0.3 is 10.3 Å². The molecule has 1 fully saturated rings. The normalized spacial score (nSPS) is 14.0. The number of hydrogen-bond donors (Lipinski definition) is 2. The van der Waals surface area contributed by atoms with Crippen molar-refractivity contribution in [2.24, 2.45) is 0 Å². The van der Waals surface area contributed by atoms with Gasteiger partial charge in [-0.05, 0) is 43.7 Å². The predicted octanol–water partition coefficient (Wildman–Crippen LogP) is 3.02. The second-order valence-electron chi connectivity index (χ2n) is 6.86. The van der Waals surface area contributed by atoms with Gasteiger partial charge in [-0.15, -0.1) is 11.3 Å². The van der Waals surface area contributed by atoms with E-state index in [2.05, 4.69) is 15.3 Å². The molecule has 0 radical (unpaired) electrons. The lowest BCUT2D eigenvalue weighted by Crippen LogP contribution is -2.36. The lowest BCUT2D eigenvalue weighted by Gasteiger charge is -2.15. The van der Waals surface area contributed by atoms with Crippen LogP contribution in [0, 0.1) is 0 Å². The van der Waals surface area contributed by atoms with Crippen molar-refractivity contribution in [2.75, 3.05) is 13.6 Å². The summed E-state index contributed by atoms with van der Waals surface area (Å²) in [5.74, 6) is 0.554. The summed E-state index contributed by atoms with van der Waals surface area (Å²) in [5, 5.41) is 3.63. The summed E-state index contributed by atoms with van der Waals surface area (Å²) in [4.78, 5) is 34.6. The number of benzene rings is 1. The van der Waals surface area contributed by atoms with Gasteiger partial charge in [0.05, 0.1) is 18.6 Å². The Morgan fingerprint density at radius 1 is 1.37 bits per heavy atom. The maximum Gasteiger partial charge on any atom is 0.268 e. The molecular weight excluding hydrogens is 384 g/mol. The fourth-order valence-corrected chi connectivity index (χ4v) is 4.00. The molecular formula is C19H19ClN4O2S. The van der Waals surface area contributed by atoms with Gasteiger partial charge in [-0.2, -0.15) is 0 Å². The largest absolute Gasteiger partial charge is 0.352 e. The van der Waals surface area contributed by atoms with E-state index in [4.69, 9.17) is 11.6 Å². The van der Waals surface area contributed by atoms with E-state index in [0.717, 1.165) is 23.3 Å². The lowest BCUT2D eigenvalue weighted by atomic mass is 10.2. The van der Waals surface area contributed by atoms with E-state index in [-0.39, 0.29) is 18.0 Å². The summed E-state index contributed by atoms with van der Waals surface area (Å²) in [6, 6.07) is 9.76. The number of aromatic amines is 1. The molecule has 2 aromatic heterocycles. The van der Waals surface area contributed by atoms with Gasteiger partial charge >= 0.3 is 0 Å². The van der Waals surface area contributed by atoms with Gasteiger partial charge in [0.15, 0.2) is 0 Å². The Labute approximate surface area is 165 Å². The first-order chi connectivity index (χ1) is 13.0.